The highest BCUT2D eigenvalue weighted by molar-refractivity contribution is 5.53. The number of carbonyl (C=O) groups excluding carboxylic acids is 1. The topological polar surface area (TPSA) is 17.1 Å². The van der Waals surface area contributed by atoms with Gasteiger partial charge in [0.1, 0.15) is 0 Å². The molecule has 1 heteroatoms. The second-order valence-electron chi connectivity index (χ2n) is 3.76. The minimum absolute atomic E-state index is 0.165. The molecule has 0 N–H and O–H groups in total. The molecule has 1 unspecified atom stereocenters. The van der Waals surface area contributed by atoms with Gasteiger partial charge >= 0.3 is 0 Å². The van der Waals surface area contributed by atoms with E-state index in [1.54, 1.807) is 0 Å². The summed E-state index contributed by atoms with van der Waals surface area (Å²) in [7, 11) is 0. The van der Waals surface area contributed by atoms with Crippen LogP contribution < -0.4 is 0 Å². The van der Waals surface area contributed by atoms with Crippen molar-refractivity contribution >= 4 is 6.29 Å². The first-order valence-corrected chi connectivity index (χ1v) is 4.70. The third kappa shape index (κ3) is 3.04. The van der Waals surface area contributed by atoms with Crippen molar-refractivity contribution < 1.29 is 4.79 Å². The summed E-state index contributed by atoms with van der Waals surface area (Å²) in [6, 6.07) is 0. The Bertz CT molecular complexity index is 114. The van der Waals surface area contributed by atoms with E-state index in [9.17, 15) is 4.79 Å². The average molecular weight is 153 g/mol. The molecule has 0 aromatic carbocycles. The molecule has 0 bridgehead atoms. The average Bonchev–Trinajstić information content (AvgIpc) is 2.06. The zero-order chi connectivity index (χ0) is 8.10. The van der Waals surface area contributed by atoms with Gasteiger partial charge < -0.3 is 0 Å². The molecule has 1 aliphatic carbocycles. The zero-order valence-electron chi connectivity index (χ0n) is 7.31. The van der Waals surface area contributed by atoms with Gasteiger partial charge in [-0.05, 0) is 12.3 Å². The quantitative estimate of drug-likeness (QED) is 0.609. The highest BCUT2D eigenvalue weighted by atomic mass is 16.1. The molecule has 1 rings (SSSR count). The van der Waals surface area contributed by atoms with Crippen molar-refractivity contribution in [1.29, 1.82) is 0 Å². The molecule has 0 aliphatic heterocycles. The molecule has 63 valence electrons. The van der Waals surface area contributed by atoms with Crippen molar-refractivity contribution in [3.05, 3.63) is 0 Å². The van der Waals surface area contributed by atoms with E-state index in [2.05, 4.69) is 6.29 Å². The van der Waals surface area contributed by atoms with Gasteiger partial charge in [0.2, 0.25) is 6.29 Å². The molecule has 1 fully saturated rings. The van der Waals surface area contributed by atoms with Gasteiger partial charge in [0.05, 0.1) is 0 Å². The van der Waals surface area contributed by atoms with Crippen molar-refractivity contribution in [2.45, 2.75) is 45.4 Å². The molecule has 0 heterocycles. The van der Waals surface area contributed by atoms with Crippen LogP contribution in [0.3, 0.4) is 0 Å². The molecule has 0 aromatic heterocycles. The van der Waals surface area contributed by atoms with Crippen LogP contribution in [0.2, 0.25) is 0 Å². The van der Waals surface area contributed by atoms with Crippen LogP contribution in [0.25, 0.3) is 0 Å². The molecular formula is C10H17O. The smallest absolute Gasteiger partial charge is 0.201 e. The Morgan fingerprint density at radius 1 is 1.36 bits per heavy atom. The summed E-state index contributed by atoms with van der Waals surface area (Å²) in [5.74, 6) is 0.985. The fraction of sp³-hybridized carbons (Fsp3) is 0.900. The Labute approximate surface area is 69.2 Å². The normalized spacial score (nSPS) is 23.0. The fourth-order valence-corrected chi connectivity index (χ4v) is 1.97. The minimum atomic E-state index is 0.165. The lowest BCUT2D eigenvalue weighted by atomic mass is 9.84. The van der Waals surface area contributed by atoms with E-state index in [1.165, 1.54) is 32.1 Å². The second kappa shape index (κ2) is 4.53. The van der Waals surface area contributed by atoms with Gasteiger partial charge in [0, 0.05) is 5.92 Å². The second-order valence-corrected chi connectivity index (χ2v) is 3.76. The van der Waals surface area contributed by atoms with E-state index in [0.29, 0.717) is 0 Å². The lowest BCUT2D eigenvalue weighted by Crippen LogP contribution is -2.10. The maximum absolute atomic E-state index is 10.3. The van der Waals surface area contributed by atoms with E-state index in [-0.39, 0.29) is 5.92 Å². The third-order valence-electron chi connectivity index (χ3n) is 2.61. The van der Waals surface area contributed by atoms with Crippen LogP contribution in [0.15, 0.2) is 0 Å². The predicted octanol–water partition coefficient (Wildman–Crippen LogP) is 2.70. The lowest BCUT2D eigenvalue weighted by Gasteiger charge is -2.22. The van der Waals surface area contributed by atoms with Crippen LogP contribution in [-0.2, 0) is 4.79 Å². The van der Waals surface area contributed by atoms with Crippen LogP contribution in [0.5, 0.6) is 0 Å². The van der Waals surface area contributed by atoms with E-state index < -0.39 is 0 Å². The predicted molar refractivity (Wildman–Crippen MR) is 46.0 cm³/mol. The SMILES string of the molecule is CC([C]=O)CC1CCCCC1. The van der Waals surface area contributed by atoms with E-state index in [0.717, 1.165) is 12.3 Å². The van der Waals surface area contributed by atoms with Crippen molar-refractivity contribution in [3.8, 4) is 0 Å². The largest absolute Gasteiger partial charge is 0.291 e. The Balaban J connectivity index is 2.18. The van der Waals surface area contributed by atoms with Crippen LogP contribution in [0, 0.1) is 11.8 Å². The highest BCUT2D eigenvalue weighted by Gasteiger charge is 2.15. The molecule has 0 spiro atoms. The monoisotopic (exact) mass is 153 g/mol. The highest BCUT2D eigenvalue weighted by Crippen LogP contribution is 2.28. The van der Waals surface area contributed by atoms with Crippen molar-refractivity contribution in [1.82, 2.24) is 0 Å². The van der Waals surface area contributed by atoms with Gasteiger partial charge in [0.15, 0.2) is 0 Å². The van der Waals surface area contributed by atoms with Gasteiger partial charge in [0.25, 0.3) is 0 Å². The van der Waals surface area contributed by atoms with E-state index >= 15 is 0 Å². The van der Waals surface area contributed by atoms with Crippen molar-refractivity contribution in [2.24, 2.45) is 11.8 Å². The molecule has 1 aliphatic rings. The molecule has 11 heavy (non-hydrogen) atoms. The van der Waals surface area contributed by atoms with E-state index in [4.69, 9.17) is 0 Å². The summed E-state index contributed by atoms with van der Waals surface area (Å²) in [5.41, 5.74) is 0. The summed E-state index contributed by atoms with van der Waals surface area (Å²) >= 11 is 0. The first-order chi connectivity index (χ1) is 5.33. The summed E-state index contributed by atoms with van der Waals surface area (Å²) in [4.78, 5) is 10.3. The van der Waals surface area contributed by atoms with Crippen LogP contribution in [-0.4, -0.2) is 6.29 Å². The Morgan fingerprint density at radius 3 is 2.55 bits per heavy atom. The number of hydrogen-bond donors (Lipinski definition) is 0. The minimum Gasteiger partial charge on any atom is -0.291 e. The van der Waals surface area contributed by atoms with Crippen molar-refractivity contribution in [2.75, 3.05) is 0 Å². The molecule has 0 saturated heterocycles. The van der Waals surface area contributed by atoms with Gasteiger partial charge in [-0.25, -0.2) is 0 Å². The van der Waals surface area contributed by atoms with Crippen molar-refractivity contribution in [3.63, 3.8) is 0 Å². The molecule has 0 aromatic rings. The van der Waals surface area contributed by atoms with Crippen LogP contribution in [0.4, 0.5) is 0 Å². The first-order valence-electron chi connectivity index (χ1n) is 4.70. The van der Waals surface area contributed by atoms with Gasteiger partial charge in [-0.2, -0.15) is 0 Å². The maximum atomic E-state index is 10.3. The molecule has 1 radical (unpaired) electrons. The number of rotatable bonds is 3. The lowest BCUT2D eigenvalue weighted by molar-refractivity contribution is 0.317. The van der Waals surface area contributed by atoms with E-state index in [1.807, 2.05) is 6.92 Å². The molecule has 0 amide bonds. The zero-order valence-corrected chi connectivity index (χ0v) is 7.31. The first kappa shape index (κ1) is 8.76. The molecule has 1 atom stereocenters. The number of hydrogen-bond acceptors (Lipinski definition) is 1. The summed E-state index contributed by atoms with van der Waals surface area (Å²) in [6.07, 6.45) is 9.95. The Kier molecular flexibility index (Phi) is 3.61. The molecule has 1 nitrogen and oxygen atoms in total. The summed E-state index contributed by atoms with van der Waals surface area (Å²) < 4.78 is 0. The Hall–Kier alpha value is -0.330. The fourth-order valence-electron chi connectivity index (χ4n) is 1.97. The maximum Gasteiger partial charge on any atom is 0.201 e. The van der Waals surface area contributed by atoms with Crippen LogP contribution >= 0.6 is 0 Å². The van der Waals surface area contributed by atoms with Gasteiger partial charge in [-0.3, -0.25) is 4.79 Å². The molecule has 1 saturated carbocycles. The Morgan fingerprint density at radius 2 is 2.00 bits per heavy atom. The standard InChI is InChI=1S/C10H17O/c1-9(8-11)7-10-5-3-2-4-6-10/h9-10H,2-7H2,1H3. The van der Waals surface area contributed by atoms with Gasteiger partial charge in [-0.15, -0.1) is 0 Å². The molecular weight excluding hydrogens is 136 g/mol. The van der Waals surface area contributed by atoms with Gasteiger partial charge in [-0.1, -0.05) is 39.0 Å². The summed E-state index contributed by atoms with van der Waals surface area (Å²) in [6.45, 7) is 1.97. The van der Waals surface area contributed by atoms with Crippen LogP contribution in [0.1, 0.15) is 45.4 Å². The summed E-state index contributed by atoms with van der Waals surface area (Å²) in [5, 5.41) is 0. The third-order valence-corrected chi connectivity index (χ3v) is 2.61.